The molecule has 96 valence electrons. The Morgan fingerprint density at radius 1 is 1.42 bits per heavy atom. The van der Waals surface area contributed by atoms with Gasteiger partial charge in [-0.05, 0) is 35.2 Å². The van der Waals surface area contributed by atoms with Crippen LogP contribution in [0.25, 0.3) is 6.08 Å². The predicted octanol–water partition coefficient (Wildman–Crippen LogP) is 4.09. The van der Waals surface area contributed by atoms with Gasteiger partial charge in [-0.3, -0.25) is 9.78 Å². The number of nitrogens with zero attached hydrogens (tertiary/aromatic N) is 1. The Hall–Kier alpha value is -2.00. The van der Waals surface area contributed by atoms with E-state index in [9.17, 15) is 4.79 Å². The van der Waals surface area contributed by atoms with E-state index in [0.717, 1.165) is 10.4 Å². The first-order chi connectivity index (χ1) is 9.29. The van der Waals surface area contributed by atoms with Crippen LogP contribution in [0.5, 0.6) is 0 Å². The van der Waals surface area contributed by atoms with Crippen LogP contribution in [-0.4, -0.2) is 10.8 Å². The molecular weight excluding hydrogens is 254 g/mol. The van der Waals surface area contributed by atoms with Crippen LogP contribution in [0.3, 0.4) is 0 Å². The SMILES string of the molecule is C=C[C@@H](CC(=O)/C=C/c1cccs1)c1cccnc1. The maximum Gasteiger partial charge on any atom is 0.156 e. The first-order valence-electron chi connectivity index (χ1n) is 6.06. The summed E-state index contributed by atoms with van der Waals surface area (Å²) in [4.78, 5) is 17.1. The van der Waals surface area contributed by atoms with Gasteiger partial charge in [0.2, 0.25) is 0 Å². The van der Waals surface area contributed by atoms with E-state index in [2.05, 4.69) is 11.6 Å². The quantitative estimate of drug-likeness (QED) is 0.584. The molecule has 0 bridgehead atoms. The number of hydrogen-bond donors (Lipinski definition) is 0. The molecule has 2 aromatic heterocycles. The van der Waals surface area contributed by atoms with E-state index in [0.29, 0.717) is 6.42 Å². The van der Waals surface area contributed by atoms with Crippen LogP contribution in [0.1, 0.15) is 22.8 Å². The minimum absolute atomic E-state index is 0.0224. The van der Waals surface area contributed by atoms with Gasteiger partial charge >= 0.3 is 0 Å². The van der Waals surface area contributed by atoms with Crippen LogP contribution in [0.4, 0.5) is 0 Å². The highest BCUT2D eigenvalue weighted by Gasteiger charge is 2.11. The minimum atomic E-state index is 0.0224. The molecule has 0 aromatic carbocycles. The molecule has 2 nitrogen and oxygen atoms in total. The third-order valence-electron chi connectivity index (χ3n) is 2.79. The smallest absolute Gasteiger partial charge is 0.156 e. The van der Waals surface area contributed by atoms with Gasteiger partial charge in [0, 0.05) is 29.6 Å². The molecule has 2 rings (SSSR count). The predicted molar refractivity (Wildman–Crippen MR) is 80.2 cm³/mol. The number of carbonyl (C=O) groups excluding carboxylic acids is 1. The molecule has 0 radical (unpaired) electrons. The summed E-state index contributed by atoms with van der Waals surface area (Å²) in [5.41, 5.74) is 1.02. The van der Waals surface area contributed by atoms with Gasteiger partial charge in [-0.25, -0.2) is 0 Å². The summed E-state index contributed by atoms with van der Waals surface area (Å²) in [6.07, 6.45) is 9.23. The van der Waals surface area contributed by atoms with Crippen molar-refractivity contribution in [3.63, 3.8) is 0 Å². The largest absolute Gasteiger partial charge is 0.295 e. The normalized spacial score (nSPS) is 12.4. The summed E-state index contributed by atoms with van der Waals surface area (Å²) in [7, 11) is 0. The molecule has 0 unspecified atom stereocenters. The van der Waals surface area contributed by atoms with E-state index in [1.54, 1.807) is 35.9 Å². The highest BCUT2D eigenvalue weighted by atomic mass is 32.1. The summed E-state index contributed by atoms with van der Waals surface area (Å²) < 4.78 is 0. The fourth-order valence-electron chi connectivity index (χ4n) is 1.78. The van der Waals surface area contributed by atoms with Crippen LogP contribution in [0.2, 0.25) is 0 Å². The third-order valence-corrected chi connectivity index (χ3v) is 3.63. The second-order valence-electron chi connectivity index (χ2n) is 4.15. The second kappa shape index (κ2) is 6.81. The number of aromatic nitrogens is 1. The zero-order valence-electron chi connectivity index (χ0n) is 10.5. The maximum atomic E-state index is 11.9. The Morgan fingerprint density at radius 3 is 2.95 bits per heavy atom. The number of thiophene rings is 1. The van der Waals surface area contributed by atoms with Crippen molar-refractivity contribution in [3.05, 3.63) is 71.2 Å². The molecule has 0 aliphatic rings. The van der Waals surface area contributed by atoms with Crippen molar-refractivity contribution >= 4 is 23.2 Å². The van der Waals surface area contributed by atoms with Crippen molar-refractivity contribution < 1.29 is 4.79 Å². The zero-order chi connectivity index (χ0) is 13.5. The van der Waals surface area contributed by atoms with Gasteiger partial charge in [-0.1, -0.05) is 18.2 Å². The summed E-state index contributed by atoms with van der Waals surface area (Å²) in [5, 5.41) is 1.99. The molecular formula is C16H15NOS. The van der Waals surface area contributed by atoms with Gasteiger partial charge in [0.05, 0.1) is 0 Å². The lowest BCUT2D eigenvalue weighted by Gasteiger charge is -2.09. The highest BCUT2D eigenvalue weighted by Crippen LogP contribution is 2.20. The van der Waals surface area contributed by atoms with Gasteiger partial charge in [-0.2, -0.15) is 0 Å². The van der Waals surface area contributed by atoms with Crippen molar-refractivity contribution in [2.24, 2.45) is 0 Å². The van der Waals surface area contributed by atoms with Crippen molar-refractivity contribution in [1.82, 2.24) is 4.98 Å². The molecule has 0 spiro atoms. The minimum Gasteiger partial charge on any atom is -0.295 e. The van der Waals surface area contributed by atoms with Crippen LogP contribution < -0.4 is 0 Å². The number of carbonyl (C=O) groups is 1. The van der Waals surface area contributed by atoms with Crippen LogP contribution in [-0.2, 0) is 4.79 Å². The molecule has 0 fully saturated rings. The number of rotatable bonds is 6. The van der Waals surface area contributed by atoms with Gasteiger partial charge in [-0.15, -0.1) is 17.9 Å². The number of allylic oxidation sites excluding steroid dienone is 2. The molecule has 0 saturated heterocycles. The molecule has 0 amide bonds. The van der Waals surface area contributed by atoms with Gasteiger partial charge in [0.15, 0.2) is 5.78 Å². The highest BCUT2D eigenvalue weighted by molar-refractivity contribution is 7.10. The van der Waals surface area contributed by atoms with E-state index in [-0.39, 0.29) is 11.7 Å². The Bertz CT molecular complexity index is 558. The van der Waals surface area contributed by atoms with Crippen LogP contribution >= 0.6 is 11.3 Å². The van der Waals surface area contributed by atoms with E-state index in [4.69, 9.17) is 0 Å². The first-order valence-corrected chi connectivity index (χ1v) is 6.94. The van der Waals surface area contributed by atoms with Gasteiger partial charge < -0.3 is 0 Å². The molecule has 0 N–H and O–H groups in total. The van der Waals surface area contributed by atoms with Crippen molar-refractivity contribution in [2.45, 2.75) is 12.3 Å². The third kappa shape index (κ3) is 4.00. The summed E-state index contributed by atoms with van der Waals surface area (Å²) in [6.45, 7) is 3.80. The monoisotopic (exact) mass is 269 g/mol. The van der Waals surface area contributed by atoms with Crippen LogP contribution in [0, 0.1) is 0 Å². The Morgan fingerprint density at radius 2 is 2.32 bits per heavy atom. The number of ketones is 1. The summed E-state index contributed by atoms with van der Waals surface area (Å²) in [6, 6.07) is 7.80. The van der Waals surface area contributed by atoms with E-state index in [1.807, 2.05) is 35.7 Å². The Labute approximate surface area is 117 Å². The molecule has 0 aliphatic carbocycles. The lowest BCUT2D eigenvalue weighted by atomic mass is 9.95. The first kappa shape index (κ1) is 13.4. The van der Waals surface area contributed by atoms with Crippen molar-refractivity contribution in [1.29, 1.82) is 0 Å². The van der Waals surface area contributed by atoms with Gasteiger partial charge in [0.25, 0.3) is 0 Å². The molecule has 19 heavy (non-hydrogen) atoms. The van der Waals surface area contributed by atoms with E-state index in [1.165, 1.54) is 0 Å². The zero-order valence-corrected chi connectivity index (χ0v) is 11.3. The topological polar surface area (TPSA) is 30.0 Å². The number of hydrogen-bond acceptors (Lipinski definition) is 3. The molecule has 2 aromatic rings. The Balaban J connectivity index is 1.99. The average molecular weight is 269 g/mol. The molecule has 0 aliphatic heterocycles. The van der Waals surface area contributed by atoms with E-state index >= 15 is 0 Å². The lowest BCUT2D eigenvalue weighted by molar-refractivity contribution is -0.114. The standard InChI is InChI=1S/C16H15NOS/c1-2-13(14-5-3-9-17-12-14)11-15(18)7-8-16-6-4-10-19-16/h2-10,12-13H,1,11H2/b8-7+/t13-/m0/s1. The lowest BCUT2D eigenvalue weighted by Crippen LogP contribution is -2.02. The molecule has 0 saturated carbocycles. The van der Waals surface area contributed by atoms with Crippen molar-refractivity contribution in [2.75, 3.05) is 0 Å². The fraction of sp³-hybridized carbons (Fsp3) is 0.125. The number of pyridine rings is 1. The average Bonchev–Trinajstić information content (AvgIpc) is 2.97. The second-order valence-corrected chi connectivity index (χ2v) is 5.13. The molecule has 2 heterocycles. The molecule has 3 heteroatoms. The van der Waals surface area contributed by atoms with Crippen LogP contribution in [0.15, 0.2) is 60.8 Å². The van der Waals surface area contributed by atoms with Crippen molar-refractivity contribution in [3.8, 4) is 0 Å². The maximum absolute atomic E-state index is 11.9. The Kier molecular flexibility index (Phi) is 4.81. The fourth-order valence-corrected chi connectivity index (χ4v) is 2.40. The molecule has 1 atom stereocenters. The summed E-state index contributed by atoms with van der Waals surface area (Å²) >= 11 is 1.62. The summed E-state index contributed by atoms with van der Waals surface area (Å²) in [5.74, 6) is 0.122. The van der Waals surface area contributed by atoms with Gasteiger partial charge in [0.1, 0.15) is 0 Å². The van der Waals surface area contributed by atoms with E-state index < -0.39 is 0 Å².